The normalized spacial score (nSPS) is 15.3. The zero-order valence-electron chi connectivity index (χ0n) is 21.3. The van der Waals surface area contributed by atoms with Gasteiger partial charge >= 0.3 is 5.97 Å². The third kappa shape index (κ3) is 8.48. The minimum atomic E-state index is -1.49. The van der Waals surface area contributed by atoms with E-state index in [9.17, 15) is 24.3 Å². The predicted molar refractivity (Wildman–Crippen MR) is 143 cm³/mol. The van der Waals surface area contributed by atoms with Crippen LogP contribution in [0.3, 0.4) is 0 Å². The molecule has 37 heavy (non-hydrogen) atoms. The number of nitrogens with two attached hydrogens (primary N) is 1. The Kier molecular flexibility index (Phi) is 11.9. The average Bonchev–Trinajstić information content (AvgIpc) is 3.29. The monoisotopic (exact) mass is 535 g/mol. The number of thioether (sulfide) groups is 1. The average molecular weight is 536 g/mol. The van der Waals surface area contributed by atoms with Gasteiger partial charge in [-0.05, 0) is 42.4 Å². The standard InChI is InChI=1S/C25H37N5O6S/c1-4-14(2)21(24(34)28-19(9-10-37-3)23(33)29-20(13-31)25(35)36)30-22(32)17(26)11-15-12-27-18-8-6-5-7-16(15)18/h5-8,12,14,17,19-21,27,31H,4,9-11,13,26H2,1-3H3,(H,28,34)(H,29,33)(H,30,32)(H,35,36). The van der Waals surface area contributed by atoms with Crippen LogP contribution in [0, 0.1) is 5.92 Å². The van der Waals surface area contributed by atoms with E-state index in [4.69, 9.17) is 10.8 Å². The lowest BCUT2D eigenvalue weighted by Crippen LogP contribution is -2.59. The van der Waals surface area contributed by atoms with E-state index in [0.29, 0.717) is 12.2 Å². The van der Waals surface area contributed by atoms with Gasteiger partial charge in [0.1, 0.15) is 18.1 Å². The highest BCUT2D eigenvalue weighted by Gasteiger charge is 2.32. The summed E-state index contributed by atoms with van der Waals surface area (Å²) in [5.41, 5.74) is 8.02. The number of carboxylic acid groups (broad SMARTS) is 1. The van der Waals surface area contributed by atoms with Gasteiger partial charge in [0.2, 0.25) is 17.7 Å². The van der Waals surface area contributed by atoms with Crippen LogP contribution in [-0.4, -0.2) is 81.7 Å². The first-order chi connectivity index (χ1) is 17.6. The van der Waals surface area contributed by atoms with Gasteiger partial charge in [0, 0.05) is 17.1 Å². The van der Waals surface area contributed by atoms with Gasteiger partial charge in [-0.1, -0.05) is 38.5 Å². The number of benzene rings is 1. The number of fused-ring (bicyclic) bond motifs is 1. The van der Waals surface area contributed by atoms with Crippen LogP contribution in [-0.2, 0) is 25.6 Å². The molecule has 0 bridgehead atoms. The fourth-order valence-electron chi connectivity index (χ4n) is 3.82. The zero-order valence-corrected chi connectivity index (χ0v) is 22.1. The van der Waals surface area contributed by atoms with E-state index < -0.39 is 54.5 Å². The molecule has 204 valence electrons. The lowest BCUT2D eigenvalue weighted by Gasteiger charge is -2.28. The Labute approximate surface area is 220 Å². The van der Waals surface area contributed by atoms with Crippen molar-refractivity contribution in [1.29, 1.82) is 0 Å². The smallest absolute Gasteiger partial charge is 0.328 e. The summed E-state index contributed by atoms with van der Waals surface area (Å²) in [6, 6.07) is 3.27. The zero-order chi connectivity index (χ0) is 27.5. The number of aliphatic hydroxyl groups excluding tert-OH is 1. The van der Waals surface area contributed by atoms with Gasteiger partial charge in [0.05, 0.1) is 12.6 Å². The molecule has 0 saturated heterocycles. The molecule has 1 aromatic carbocycles. The molecular formula is C25H37N5O6S. The molecule has 2 rings (SSSR count). The minimum Gasteiger partial charge on any atom is -0.480 e. The van der Waals surface area contributed by atoms with Crippen molar-refractivity contribution in [3.05, 3.63) is 36.0 Å². The maximum Gasteiger partial charge on any atom is 0.328 e. The molecule has 1 heterocycles. The number of aliphatic carboxylic acids is 1. The van der Waals surface area contributed by atoms with Crippen LogP contribution in [0.25, 0.3) is 10.9 Å². The molecule has 0 aliphatic heterocycles. The van der Waals surface area contributed by atoms with Crippen LogP contribution in [0.15, 0.2) is 30.5 Å². The van der Waals surface area contributed by atoms with Gasteiger partial charge in [0.15, 0.2) is 0 Å². The summed E-state index contributed by atoms with van der Waals surface area (Å²) in [6.45, 7) is 2.89. The Balaban J connectivity index is 2.12. The number of aromatic amines is 1. The predicted octanol–water partition coefficient (Wildman–Crippen LogP) is 0.368. The van der Waals surface area contributed by atoms with Crippen molar-refractivity contribution >= 4 is 46.4 Å². The van der Waals surface area contributed by atoms with Crippen LogP contribution in [0.4, 0.5) is 0 Å². The van der Waals surface area contributed by atoms with Crippen LogP contribution < -0.4 is 21.7 Å². The second-order valence-corrected chi connectivity index (χ2v) is 9.95. The Morgan fingerprint density at radius 3 is 2.35 bits per heavy atom. The van der Waals surface area contributed by atoms with Gasteiger partial charge in [0.25, 0.3) is 0 Å². The fraction of sp³-hybridized carbons (Fsp3) is 0.520. The third-order valence-corrected chi connectivity index (χ3v) is 6.93. The molecule has 8 N–H and O–H groups in total. The molecule has 0 radical (unpaired) electrons. The van der Waals surface area contributed by atoms with Crippen molar-refractivity contribution in [3.8, 4) is 0 Å². The molecule has 5 unspecified atom stereocenters. The Morgan fingerprint density at radius 2 is 1.73 bits per heavy atom. The summed E-state index contributed by atoms with van der Waals surface area (Å²) < 4.78 is 0. The van der Waals surface area contributed by atoms with E-state index in [1.54, 1.807) is 6.92 Å². The summed E-state index contributed by atoms with van der Waals surface area (Å²) in [4.78, 5) is 53.3. The molecule has 0 spiro atoms. The van der Waals surface area contributed by atoms with E-state index in [2.05, 4.69) is 20.9 Å². The SMILES string of the molecule is CCC(C)C(NC(=O)C(N)Cc1c[nH]c2ccccc12)C(=O)NC(CCSC)C(=O)NC(CO)C(=O)O. The lowest BCUT2D eigenvalue weighted by molar-refractivity contribution is -0.143. The minimum absolute atomic E-state index is 0.234. The first-order valence-electron chi connectivity index (χ1n) is 12.2. The number of aliphatic hydroxyl groups is 1. The molecule has 11 nitrogen and oxygen atoms in total. The van der Waals surface area contributed by atoms with Crippen molar-refractivity contribution in [2.45, 2.75) is 57.3 Å². The summed E-state index contributed by atoms with van der Waals surface area (Å²) in [7, 11) is 0. The number of amides is 3. The van der Waals surface area contributed by atoms with Crippen LogP contribution in [0.2, 0.25) is 0 Å². The molecule has 0 fully saturated rings. The summed E-state index contributed by atoms with van der Waals surface area (Å²) in [6.07, 6.45) is 4.71. The molecule has 1 aromatic heterocycles. The Morgan fingerprint density at radius 1 is 1.05 bits per heavy atom. The first kappa shape index (κ1) is 30.1. The van der Waals surface area contributed by atoms with E-state index in [0.717, 1.165) is 16.5 Å². The van der Waals surface area contributed by atoms with E-state index in [-0.39, 0.29) is 18.8 Å². The molecule has 0 saturated carbocycles. The highest BCUT2D eigenvalue weighted by atomic mass is 32.2. The summed E-state index contributed by atoms with van der Waals surface area (Å²) in [5.74, 6) is -2.93. The number of hydrogen-bond donors (Lipinski definition) is 7. The number of aromatic nitrogens is 1. The van der Waals surface area contributed by atoms with Gasteiger partial charge in [-0.25, -0.2) is 4.79 Å². The number of carbonyl (C=O) groups is 4. The highest BCUT2D eigenvalue weighted by molar-refractivity contribution is 7.98. The third-order valence-electron chi connectivity index (χ3n) is 6.29. The van der Waals surface area contributed by atoms with Crippen molar-refractivity contribution in [3.63, 3.8) is 0 Å². The molecular weight excluding hydrogens is 498 g/mol. The number of hydrogen-bond acceptors (Lipinski definition) is 7. The van der Waals surface area contributed by atoms with Crippen LogP contribution in [0.5, 0.6) is 0 Å². The lowest BCUT2D eigenvalue weighted by atomic mass is 9.96. The molecule has 5 atom stereocenters. The first-order valence-corrected chi connectivity index (χ1v) is 13.6. The second-order valence-electron chi connectivity index (χ2n) is 8.97. The van der Waals surface area contributed by atoms with E-state index in [1.165, 1.54) is 11.8 Å². The van der Waals surface area contributed by atoms with E-state index in [1.807, 2.05) is 43.6 Å². The molecule has 0 aliphatic carbocycles. The number of H-pyrrole nitrogens is 1. The van der Waals surface area contributed by atoms with Crippen molar-refractivity contribution in [2.75, 3.05) is 18.6 Å². The maximum absolute atomic E-state index is 13.2. The van der Waals surface area contributed by atoms with Crippen LogP contribution in [0.1, 0.15) is 32.3 Å². The van der Waals surface area contributed by atoms with Gasteiger partial charge < -0.3 is 36.9 Å². The van der Waals surface area contributed by atoms with Gasteiger partial charge in [-0.15, -0.1) is 0 Å². The maximum atomic E-state index is 13.2. The topological polar surface area (TPSA) is 187 Å². The molecule has 2 aromatic rings. The highest BCUT2D eigenvalue weighted by Crippen LogP contribution is 2.19. The van der Waals surface area contributed by atoms with E-state index >= 15 is 0 Å². The Bertz CT molecular complexity index is 1080. The van der Waals surface area contributed by atoms with Gasteiger partial charge in [-0.2, -0.15) is 11.8 Å². The largest absolute Gasteiger partial charge is 0.480 e. The molecule has 3 amide bonds. The van der Waals surface area contributed by atoms with Crippen molar-refractivity contribution in [1.82, 2.24) is 20.9 Å². The Hall–Kier alpha value is -3.09. The molecule has 12 heteroatoms. The second kappa shape index (κ2) is 14.6. The fourth-order valence-corrected chi connectivity index (χ4v) is 4.29. The van der Waals surface area contributed by atoms with Gasteiger partial charge in [-0.3, -0.25) is 14.4 Å². The number of nitrogens with one attached hydrogen (secondary N) is 4. The number of carboxylic acids is 1. The number of para-hydroxylation sites is 1. The van der Waals surface area contributed by atoms with Crippen molar-refractivity contribution in [2.24, 2.45) is 11.7 Å². The quantitative estimate of drug-likeness (QED) is 0.170. The van der Waals surface area contributed by atoms with Crippen molar-refractivity contribution < 1.29 is 29.4 Å². The van der Waals surface area contributed by atoms with Crippen LogP contribution >= 0.6 is 11.8 Å². The molecule has 0 aliphatic rings. The summed E-state index contributed by atoms with van der Waals surface area (Å²) >= 11 is 1.46. The number of rotatable bonds is 15. The summed E-state index contributed by atoms with van der Waals surface area (Å²) in [5, 5.41) is 27.0. The number of carbonyl (C=O) groups excluding carboxylic acids is 3.